The molecular formula is C12H21N3S. The van der Waals surface area contributed by atoms with E-state index in [-0.39, 0.29) is 5.41 Å². The number of hydrogen-bond acceptors (Lipinski definition) is 3. The Bertz CT molecular complexity index is 390. The van der Waals surface area contributed by atoms with Crippen molar-refractivity contribution in [2.45, 2.75) is 46.0 Å². The highest BCUT2D eigenvalue weighted by Gasteiger charge is 2.16. The second-order valence-corrected chi connectivity index (χ2v) is 5.43. The molecule has 2 N–H and O–H groups in total. The van der Waals surface area contributed by atoms with Crippen LogP contribution in [0.3, 0.4) is 0 Å². The third-order valence-corrected chi connectivity index (χ3v) is 2.51. The Kier molecular flexibility index (Phi) is 4.47. The Labute approximate surface area is 103 Å². The van der Waals surface area contributed by atoms with Crippen LogP contribution in [-0.2, 0) is 5.41 Å². The number of H-pyrrole nitrogens is 1. The summed E-state index contributed by atoms with van der Waals surface area (Å²) < 4.78 is 0.641. The van der Waals surface area contributed by atoms with Crippen LogP contribution in [0.2, 0.25) is 0 Å². The fraction of sp³-hybridized carbons (Fsp3) is 0.667. The van der Waals surface area contributed by atoms with Crippen molar-refractivity contribution >= 4 is 18.0 Å². The van der Waals surface area contributed by atoms with Gasteiger partial charge in [-0.3, -0.25) is 0 Å². The smallest absolute Gasteiger partial charge is 0.131 e. The maximum absolute atomic E-state index is 5.16. The molecule has 1 aromatic rings. The fourth-order valence-corrected chi connectivity index (χ4v) is 1.52. The van der Waals surface area contributed by atoms with Crippen molar-refractivity contribution in [2.24, 2.45) is 0 Å². The summed E-state index contributed by atoms with van der Waals surface area (Å²) in [4.78, 5) is 7.65. The molecule has 0 spiro atoms. The summed E-state index contributed by atoms with van der Waals surface area (Å²) in [7, 11) is 0. The first-order chi connectivity index (χ1) is 7.43. The molecule has 16 heavy (non-hydrogen) atoms. The van der Waals surface area contributed by atoms with Crippen molar-refractivity contribution in [1.29, 1.82) is 0 Å². The van der Waals surface area contributed by atoms with E-state index in [2.05, 4.69) is 43.0 Å². The van der Waals surface area contributed by atoms with Crippen LogP contribution in [0.15, 0.2) is 6.07 Å². The summed E-state index contributed by atoms with van der Waals surface area (Å²) in [6.45, 7) is 9.51. The molecule has 0 aliphatic rings. The summed E-state index contributed by atoms with van der Waals surface area (Å²) in [6, 6.07) is 1.88. The first-order valence-electron chi connectivity index (χ1n) is 5.79. The third kappa shape index (κ3) is 3.93. The molecule has 0 unspecified atom stereocenters. The predicted molar refractivity (Wildman–Crippen MR) is 71.5 cm³/mol. The van der Waals surface area contributed by atoms with Gasteiger partial charge in [0.2, 0.25) is 0 Å². The molecule has 0 saturated heterocycles. The summed E-state index contributed by atoms with van der Waals surface area (Å²) in [5, 5.41) is 3.34. The summed E-state index contributed by atoms with van der Waals surface area (Å²) in [5.74, 6) is 1.90. The van der Waals surface area contributed by atoms with Crippen LogP contribution in [0.5, 0.6) is 0 Å². The van der Waals surface area contributed by atoms with Crippen molar-refractivity contribution < 1.29 is 0 Å². The predicted octanol–water partition coefficient (Wildman–Crippen LogP) is 3.65. The maximum atomic E-state index is 5.16. The number of hydrogen-bond donors (Lipinski definition) is 2. The van der Waals surface area contributed by atoms with Gasteiger partial charge in [0.1, 0.15) is 16.3 Å². The lowest BCUT2D eigenvalue weighted by Gasteiger charge is -2.18. The summed E-state index contributed by atoms with van der Waals surface area (Å²) >= 11 is 5.16. The molecule has 0 radical (unpaired) electrons. The average molecular weight is 239 g/mol. The lowest BCUT2D eigenvalue weighted by Crippen LogP contribution is -2.17. The highest BCUT2D eigenvalue weighted by molar-refractivity contribution is 7.71. The second kappa shape index (κ2) is 5.43. The molecule has 1 aromatic heterocycles. The van der Waals surface area contributed by atoms with Gasteiger partial charge in [-0.2, -0.15) is 0 Å². The SMILES string of the molecule is CCCCNc1cc(=S)nc(C(C)(C)C)[nH]1. The molecule has 0 aromatic carbocycles. The normalized spacial score (nSPS) is 11.5. The zero-order valence-electron chi connectivity index (χ0n) is 10.6. The molecule has 1 heterocycles. The first kappa shape index (κ1) is 13.2. The first-order valence-corrected chi connectivity index (χ1v) is 6.20. The molecule has 0 atom stereocenters. The van der Waals surface area contributed by atoms with E-state index in [4.69, 9.17) is 12.2 Å². The van der Waals surface area contributed by atoms with E-state index in [9.17, 15) is 0 Å². The number of rotatable bonds is 4. The van der Waals surface area contributed by atoms with E-state index >= 15 is 0 Å². The highest BCUT2D eigenvalue weighted by Crippen LogP contribution is 2.19. The van der Waals surface area contributed by atoms with E-state index in [1.165, 1.54) is 6.42 Å². The number of nitrogens with one attached hydrogen (secondary N) is 2. The monoisotopic (exact) mass is 239 g/mol. The van der Waals surface area contributed by atoms with Gasteiger partial charge in [0, 0.05) is 18.0 Å². The lowest BCUT2D eigenvalue weighted by atomic mass is 9.96. The van der Waals surface area contributed by atoms with E-state index in [1.54, 1.807) is 0 Å². The molecule has 0 bridgehead atoms. The van der Waals surface area contributed by atoms with Crippen LogP contribution in [-0.4, -0.2) is 16.5 Å². The van der Waals surface area contributed by atoms with Crippen molar-refractivity contribution in [2.75, 3.05) is 11.9 Å². The Morgan fingerprint density at radius 3 is 2.69 bits per heavy atom. The van der Waals surface area contributed by atoms with Crippen molar-refractivity contribution in [3.8, 4) is 0 Å². The van der Waals surface area contributed by atoms with Crippen LogP contribution >= 0.6 is 12.2 Å². The Morgan fingerprint density at radius 1 is 1.44 bits per heavy atom. The number of nitrogens with zero attached hydrogens (tertiary/aromatic N) is 1. The number of unbranched alkanes of at least 4 members (excludes halogenated alkanes) is 1. The molecule has 0 aliphatic carbocycles. The second-order valence-electron chi connectivity index (χ2n) is 5.01. The zero-order valence-corrected chi connectivity index (χ0v) is 11.4. The highest BCUT2D eigenvalue weighted by atomic mass is 32.1. The summed E-state index contributed by atoms with van der Waals surface area (Å²) in [6.07, 6.45) is 2.35. The fourth-order valence-electron chi connectivity index (χ4n) is 1.31. The van der Waals surface area contributed by atoms with E-state index < -0.39 is 0 Å². The van der Waals surface area contributed by atoms with Gasteiger partial charge in [-0.1, -0.05) is 46.3 Å². The van der Waals surface area contributed by atoms with Crippen molar-refractivity contribution in [1.82, 2.24) is 9.97 Å². The van der Waals surface area contributed by atoms with Gasteiger partial charge >= 0.3 is 0 Å². The maximum Gasteiger partial charge on any atom is 0.131 e. The summed E-state index contributed by atoms with van der Waals surface area (Å²) in [5.41, 5.74) is -0.00396. The minimum Gasteiger partial charge on any atom is -0.372 e. The van der Waals surface area contributed by atoms with Crippen LogP contribution in [0.4, 0.5) is 5.82 Å². The Balaban J connectivity index is 2.86. The number of anilines is 1. The topological polar surface area (TPSA) is 40.7 Å². The largest absolute Gasteiger partial charge is 0.372 e. The Morgan fingerprint density at radius 2 is 2.12 bits per heavy atom. The van der Waals surface area contributed by atoms with E-state index in [1.807, 2.05) is 6.07 Å². The average Bonchev–Trinajstić information content (AvgIpc) is 2.16. The number of aromatic nitrogens is 2. The zero-order chi connectivity index (χ0) is 12.2. The molecule has 0 fully saturated rings. The molecule has 0 saturated carbocycles. The van der Waals surface area contributed by atoms with Crippen LogP contribution in [0, 0.1) is 4.64 Å². The van der Waals surface area contributed by atoms with Crippen molar-refractivity contribution in [3.05, 3.63) is 16.5 Å². The van der Waals surface area contributed by atoms with Crippen molar-refractivity contribution in [3.63, 3.8) is 0 Å². The molecular weight excluding hydrogens is 218 g/mol. The van der Waals surface area contributed by atoms with Gasteiger partial charge in [-0.05, 0) is 6.42 Å². The van der Waals surface area contributed by atoms with Gasteiger partial charge in [-0.25, -0.2) is 4.98 Å². The van der Waals surface area contributed by atoms with Crippen LogP contribution < -0.4 is 5.32 Å². The minimum atomic E-state index is -0.00396. The molecule has 90 valence electrons. The third-order valence-electron chi connectivity index (χ3n) is 2.30. The van der Waals surface area contributed by atoms with Crippen LogP contribution in [0.25, 0.3) is 0 Å². The van der Waals surface area contributed by atoms with E-state index in [0.717, 1.165) is 24.6 Å². The molecule has 4 heteroatoms. The quantitative estimate of drug-likeness (QED) is 0.622. The van der Waals surface area contributed by atoms with Gasteiger partial charge in [0.25, 0.3) is 0 Å². The molecule has 3 nitrogen and oxygen atoms in total. The van der Waals surface area contributed by atoms with E-state index in [0.29, 0.717) is 4.64 Å². The van der Waals surface area contributed by atoms with Gasteiger partial charge in [-0.15, -0.1) is 0 Å². The molecule has 0 amide bonds. The standard InChI is InChI=1S/C12H21N3S/c1-5-6-7-13-9-8-10(16)15-11(14-9)12(2,3)4/h8H,5-7H2,1-4H3,(H2,13,14,15,16). The number of aromatic amines is 1. The lowest BCUT2D eigenvalue weighted by molar-refractivity contribution is 0.545. The van der Waals surface area contributed by atoms with Gasteiger partial charge < -0.3 is 10.3 Å². The minimum absolute atomic E-state index is 0.00396. The van der Waals surface area contributed by atoms with Gasteiger partial charge in [0.05, 0.1) is 0 Å². The molecule has 0 aliphatic heterocycles. The Hall–Kier alpha value is -0.900. The molecule has 1 rings (SSSR count). The van der Waals surface area contributed by atoms with Gasteiger partial charge in [0.15, 0.2) is 0 Å². The van der Waals surface area contributed by atoms with Crippen LogP contribution in [0.1, 0.15) is 46.4 Å².